The topological polar surface area (TPSA) is 65.0 Å². The van der Waals surface area contributed by atoms with Crippen molar-refractivity contribution in [3.63, 3.8) is 0 Å². The number of rotatable bonds is 4. The van der Waals surface area contributed by atoms with Crippen LogP contribution in [0.15, 0.2) is 148 Å². The van der Waals surface area contributed by atoms with Crippen LogP contribution in [-0.4, -0.2) is 15.0 Å². The fourth-order valence-electron chi connectivity index (χ4n) is 6.08. The van der Waals surface area contributed by atoms with Crippen molar-refractivity contribution < 1.29 is 8.83 Å². The monoisotopic (exact) mass is 565 g/mol. The van der Waals surface area contributed by atoms with E-state index in [2.05, 4.69) is 42.5 Å². The van der Waals surface area contributed by atoms with E-state index in [1.807, 2.05) is 97.1 Å². The summed E-state index contributed by atoms with van der Waals surface area (Å²) in [6.07, 6.45) is 0. The Morgan fingerprint density at radius 3 is 1.73 bits per heavy atom. The molecule has 9 rings (SSSR count). The van der Waals surface area contributed by atoms with Gasteiger partial charge in [-0.1, -0.05) is 115 Å². The summed E-state index contributed by atoms with van der Waals surface area (Å²) in [6.45, 7) is 0. The number of para-hydroxylation sites is 2. The summed E-state index contributed by atoms with van der Waals surface area (Å²) >= 11 is 0. The first-order valence-electron chi connectivity index (χ1n) is 14.5. The lowest BCUT2D eigenvalue weighted by Gasteiger charge is -2.09. The van der Waals surface area contributed by atoms with Crippen molar-refractivity contribution in [1.82, 2.24) is 15.0 Å². The van der Waals surface area contributed by atoms with Gasteiger partial charge in [-0.2, -0.15) is 0 Å². The largest absolute Gasteiger partial charge is 0.456 e. The Morgan fingerprint density at radius 2 is 0.955 bits per heavy atom. The minimum atomic E-state index is 0.593. The Balaban J connectivity index is 1.28. The van der Waals surface area contributed by atoms with Gasteiger partial charge in [0.2, 0.25) is 0 Å². The molecular weight excluding hydrogens is 542 g/mol. The third-order valence-electron chi connectivity index (χ3n) is 8.15. The van der Waals surface area contributed by atoms with Gasteiger partial charge in [-0.15, -0.1) is 0 Å². The molecule has 0 aliphatic carbocycles. The molecule has 9 aromatic rings. The summed E-state index contributed by atoms with van der Waals surface area (Å²) in [5.74, 6) is 1.84. The third kappa shape index (κ3) is 3.91. The lowest BCUT2D eigenvalue weighted by atomic mass is 9.99. The Kier molecular flexibility index (Phi) is 5.43. The van der Waals surface area contributed by atoms with E-state index in [4.69, 9.17) is 23.8 Å². The van der Waals surface area contributed by atoms with E-state index in [0.29, 0.717) is 17.5 Å². The first kappa shape index (κ1) is 24.5. The Morgan fingerprint density at radius 1 is 0.364 bits per heavy atom. The molecule has 0 atom stereocenters. The number of hydrogen-bond donors (Lipinski definition) is 0. The number of nitrogens with zero attached hydrogens (tertiary/aromatic N) is 3. The maximum atomic E-state index is 6.38. The minimum absolute atomic E-state index is 0.593. The standard InChI is InChI=1S/C39H23N3O2/c1-3-11-24(12-4-1)37-40-38(25-13-5-2-6-14-25)42-39(41-37)30-18-10-20-34-35(30)31-23-26(21-22-33(31)43-34)27-16-9-17-29-28-15-7-8-19-32(28)44-36(27)29/h1-23H. The van der Waals surface area contributed by atoms with Gasteiger partial charge in [0.15, 0.2) is 17.5 Å². The van der Waals surface area contributed by atoms with E-state index in [1.165, 1.54) is 0 Å². The highest BCUT2D eigenvalue weighted by molar-refractivity contribution is 6.14. The Hall–Kier alpha value is -6.07. The third-order valence-corrected chi connectivity index (χ3v) is 8.15. The highest BCUT2D eigenvalue weighted by atomic mass is 16.3. The summed E-state index contributed by atoms with van der Waals surface area (Å²) in [5.41, 5.74) is 8.15. The van der Waals surface area contributed by atoms with E-state index in [1.54, 1.807) is 0 Å². The molecule has 0 unspecified atom stereocenters. The van der Waals surface area contributed by atoms with E-state index < -0.39 is 0 Å². The van der Waals surface area contributed by atoms with Crippen LogP contribution in [0.4, 0.5) is 0 Å². The summed E-state index contributed by atoms with van der Waals surface area (Å²) in [4.78, 5) is 14.9. The fraction of sp³-hybridized carbons (Fsp3) is 0. The van der Waals surface area contributed by atoms with Crippen molar-refractivity contribution in [3.05, 3.63) is 140 Å². The summed E-state index contributed by atoms with van der Waals surface area (Å²) < 4.78 is 12.7. The molecule has 0 aliphatic heterocycles. The number of benzene rings is 6. The van der Waals surface area contributed by atoms with Gasteiger partial charge >= 0.3 is 0 Å². The number of aromatic nitrogens is 3. The van der Waals surface area contributed by atoms with Crippen molar-refractivity contribution in [2.45, 2.75) is 0 Å². The van der Waals surface area contributed by atoms with E-state index >= 15 is 0 Å². The molecule has 0 radical (unpaired) electrons. The predicted molar refractivity (Wildman–Crippen MR) is 176 cm³/mol. The van der Waals surface area contributed by atoms with Gasteiger partial charge in [-0.25, -0.2) is 15.0 Å². The molecule has 206 valence electrons. The highest BCUT2D eigenvalue weighted by Gasteiger charge is 2.19. The molecule has 0 amide bonds. The number of furan rings is 2. The van der Waals surface area contributed by atoms with Crippen LogP contribution in [0.25, 0.3) is 89.2 Å². The molecule has 3 heterocycles. The first-order chi connectivity index (χ1) is 21.8. The molecule has 6 aromatic carbocycles. The average Bonchev–Trinajstić information content (AvgIpc) is 3.67. The van der Waals surface area contributed by atoms with Crippen LogP contribution in [0.2, 0.25) is 0 Å². The van der Waals surface area contributed by atoms with E-state index in [9.17, 15) is 0 Å². The van der Waals surface area contributed by atoms with Crippen LogP contribution in [-0.2, 0) is 0 Å². The van der Waals surface area contributed by atoms with Crippen molar-refractivity contribution in [2.24, 2.45) is 0 Å². The summed E-state index contributed by atoms with van der Waals surface area (Å²) in [7, 11) is 0. The molecule has 0 N–H and O–H groups in total. The van der Waals surface area contributed by atoms with Crippen molar-refractivity contribution in [3.8, 4) is 45.3 Å². The molecule has 0 saturated heterocycles. The van der Waals surface area contributed by atoms with Gasteiger partial charge in [0.25, 0.3) is 0 Å². The molecular formula is C39H23N3O2. The molecule has 3 aromatic heterocycles. The minimum Gasteiger partial charge on any atom is -0.456 e. The average molecular weight is 566 g/mol. The van der Waals surface area contributed by atoms with Crippen LogP contribution >= 0.6 is 0 Å². The zero-order valence-corrected chi connectivity index (χ0v) is 23.4. The van der Waals surface area contributed by atoms with Gasteiger partial charge in [0.1, 0.15) is 22.3 Å². The molecule has 0 saturated carbocycles. The van der Waals surface area contributed by atoms with Gasteiger partial charge in [-0.3, -0.25) is 0 Å². The van der Waals surface area contributed by atoms with Crippen LogP contribution < -0.4 is 0 Å². The van der Waals surface area contributed by atoms with Crippen LogP contribution in [0, 0.1) is 0 Å². The van der Waals surface area contributed by atoms with Crippen LogP contribution in [0.1, 0.15) is 0 Å². The molecule has 5 heteroatoms. The zero-order chi connectivity index (χ0) is 29.0. The van der Waals surface area contributed by atoms with Gasteiger partial charge in [0.05, 0.1) is 0 Å². The molecule has 0 aliphatic rings. The van der Waals surface area contributed by atoms with Crippen LogP contribution in [0.5, 0.6) is 0 Å². The van der Waals surface area contributed by atoms with Crippen molar-refractivity contribution in [2.75, 3.05) is 0 Å². The zero-order valence-electron chi connectivity index (χ0n) is 23.4. The molecule has 0 bridgehead atoms. The molecule has 0 fully saturated rings. The van der Waals surface area contributed by atoms with Gasteiger partial charge < -0.3 is 8.83 Å². The first-order valence-corrected chi connectivity index (χ1v) is 14.5. The second-order valence-corrected chi connectivity index (χ2v) is 10.8. The normalized spacial score (nSPS) is 11.6. The maximum Gasteiger partial charge on any atom is 0.164 e. The van der Waals surface area contributed by atoms with E-state index in [-0.39, 0.29) is 0 Å². The van der Waals surface area contributed by atoms with Crippen LogP contribution in [0.3, 0.4) is 0 Å². The maximum absolute atomic E-state index is 6.38. The second kappa shape index (κ2) is 9.75. The highest BCUT2D eigenvalue weighted by Crippen LogP contribution is 2.41. The smallest absolute Gasteiger partial charge is 0.164 e. The Bertz CT molecular complexity index is 2440. The quantitative estimate of drug-likeness (QED) is 0.212. The predicted octanol–water partition coefficient (Wildman–Crippen LogP) is 10.3. The van der Waals surface area contributed by atoms with Gasteiger partial charge in [-0.05, 0) is 29.8 Å². The summed E-state index contributed by atoms with van der Waals surface area (Å²) in [6, 6.07) is 46.9. The molecule has 5 nitrogen and oxygen atoms in total. The number of hydrogen-bond acceptors (Lipinski definition) is 5. The fourth-order valence-corrected chi connectivity index (χ4v) is 6.08. The molecule has 0 spiro atoms. The second-order valence-electron chi connectivity index (χ2n) is 10.8. The SMILES string of the molecule is c1ccc(-c2nc(-c3ccccc3)nc(-c3cccc4oc5ccc(-c6cccc7c6oc6ccccc67)cc5c34)n2)cc1. The van der Waals surface area contributed by atoms with Crippen molar-refractivity contribution in [1.29, 1.82) is 0 Å². The number of fused-ring (bicyclic) bond motifs is 6. The lowest BCUT2D eigenvalue weighted by molar-refractivity contribution is 0.668. The lowest BCUT2D eigenvalue weighted by Crippen LogP contribution is -2.00. The Labute approximate surface area is 252 Å². The molecule has 44 heavy (non-hydrogen) atoms. The van der Waals surface area contributed by atoms with E-state index in [0.717, 1.165) is 71.7 Å². The van der Waals surface area contributed by atoms with Gasteiger partial charge in [0, 0.05) is 43.8 Å². The van der Waals surface area contributed by atoms with Crippen molar-refractivity contribution >= 4 is 43.9 Å². The summed E-state index contributed by atoms with van der Waals surface area (Å²) in [5, 5.41) is 4.16.